The number of rotatable bonds is 7. The van der Waals surface area contributed by atoms with Crippen LogP contribution in [0.2, 0.25) is 0 Å². The van der Waals surface area contributed by atoms with Gasteiger partial charge in [0.2, 0.25) is 0 Å². The predicted molar refractivity (Wildman–Crippen MR) is 65.0 cm³/mol. The lowest BCUT2D eigenvalue weighted by molar-refractivity contribution is 0.316. The van der Waals surface area contributed by atoms with Gasteiger partial charge in [0.05, 0.1) is 0 Å². The predicted octanol–water partition coefficient (Wildman–Crippen LogP) is -0.167. The summed E-state index contributed by atoms with van der Waals surface area (Å²) in [6.07, 6.45) is 3.71. The largest absolute Gasteiger partial charge is 0.409 e. The highest BCUT2D eigenvalue weighted by Gasteiger charge is 2.24. The molecule has 0 bridgehead atoms. The summed E-state index contributed by atoms with van der Waals surface area (Å²) in [7, 11) is -3.29. The minimum atomic E-state index is -3.29. The lowest BCUT2D eigenvalue weighted by atomic mass is 10.2. The van der Waals surface area contributed by atoms with Gasteiger partial charge >= 0.3 is 0 Å². The van der Waals surface area contributed by atoms with Gasteiger partial charge in [-0.05, 0) is 25.7 Å². The van der Waals surface area contributed by atoms with Crippen molar-refractivity contribution in [2.45, 2.75) is 32.1 Å². The van der Waals surface area contributed by atoms with Gasteiger partial charge in [0.15, 0.2) is 0 Å². The van der Waals surface area contributed by atoms with Crippen LogP contribution in [-0.2, 0) is 10.2 Å². The Kier molecular flexibility index (Phi) is 5.66. The van der Waals surface area contributed by atoms with E-state index < -0.39 is 10.2 Å². The molecule has 0 atom stereocenters. The highest BCUT2D eigenvalue weighted by atomic mass is 32.2. The van der Waals surface area contributed by atoms with E-state index in [1.165, 1.54) is 4.31 Å². The van der Waals surface area contributed by atoms with Gasteiger partial charge in [0, 0.05) is 26.1 Å². The van der Waals surface area contributed by atoms with E-state index in [1.807, 2.05) is 0 Å². The zero-order chi connectivity index (χ0) is 12.7. The number of nitrogens with zero attached hydrogens (tertiary/aromatic N) is 2. The van der Waals surface area contributed by atoms with E-state index in [1.54, 1.807) is 0 Å². The molecule has 100 valence electrons. The molecule has 1 heterocycles. The molecule has 0 radical (unpaired) electrons. The molecule has 0 aliphatic carbocycles. The average molecular weight is 264 g/mol. The van der Waals surface area contributed by atoms with E-state index in [4.69, 9.17) is 10.9 Å². The van der Waals surface area contributed by atoms with Crippen LogP contribution in [-0.4, -0.2) is 43.4 Å². The molecule has 1 rings (SSSR count). The summed E-state index contributed by atoms with van der Waals surface area (Å²) in [5.74, 6) is 0.174. The van der Waals surface area contributed by atoms with Crippen molar-refractivity contribution in [1.82, 2.24) is 9.03 Å². The van der Waals surface area contributed by atoms with Crippen molar-refractivity contribution in [3.8, 4) is 0 Å². The summed E-state index contributed by atoms with van der Waals surface area (Å²) in [5, 5.41) is 11.2. The first-order valence-corrected chi connectivity index (χ1v) is 7.21. The quantitative estimate of drug-likeness (QED) is 0.195. The number of oxime groups is 1. The Bertz CT molecular complexity index is 349. The fourth-order valence-electron chi connectivity index (χ4n) is 1.70. The number of nitrogens with one attached hydrogen (secondary N) is 1. The van der Waals surface area contributed by atoms with Crippen molar-refractivity contribution < 1.29 is 13.6 Å². The molecule has 1 saturated heterocycles. The molecule has 7 nitrogen and oxygen atoms in total. The molecule has 0 aromatic heterocycles. The molecular formula is C9H20N4O3S. The van der Waals surface area contributed by atoms with E-state index in [9.17, 15) is 8.42 Å². The number of hydrogen-bond donors (Lipinski definition) is 3. The van der Waals surface area contributed by atoms with Crippen LogP contribution in [0.1, 0.15) is 32.1 Å². The Hall–Kier alpha value is -0.860. The topological polar surface area (TPSA) is 108 Å². The number of unbranched alkanes of at least 4 members (excludes halogenated alkanes) is 1. The molecule has 0 aromatic rings. The molecule has 8 heteroatoms. The Labute approximate surface area is 102 Å². The third kappa shape index (κ3) is 4.88. The van der Waals surface area contributed by atoms with Crippen LogP contribution in [0, 0.1) is 0 Å². The fraction of sp³-hybridized carbons (Fsp3) is 0.889. The Morgan fingerprint density at radius 1 is 1.35 bits per heavy atom. The van der Waals surface area contributed by atoms with Gasteiger partial charge in [-0.25, -0.2) is 4.72 Å². The third-order valence-corrected chi connectivity index (χ3v) is 4.29. The second-order valence-electron chi connectivity index (χ2n) is 4.05. The van der Waals surface area contributed by atoms with Crippen molar-refractivity contribution in [2.75, 3.05) is 19.6 Å². The van der Waals surface area contributed by atoms with Crippen molar-refractivity contribution in [2.24, 2.45) is 10.9 Å². The maximum atomic E-state index is 11.7. The summed E-state index contributed by atoms with van der Waals surface area (Å²) in [4.78, 5) is 0. The first kappa shape index (κ1) is 14.2. The zero-order valence-corrected chi connectivity index (χ0v) is 10.6. The van der Waals surface area contributed by atoms with E-state index >= 15 is 0 Å². The van der Waals surface area contributed by atoms with Crippen LogP contribution in [0.3, 0.4) is 0 Å². The van der Waals surface area contributed by atoms with Gasteiger partial charge in [0.1, 0.15) is 5.84 Å². The van der Waals surface area contributed by atoms with E-state index in [2.05, 4.69) is 9.88 Å². The van der Waals surface area contributed by atoms with Crippen LogP contribution in [0.25, 0.3) is 0 Å². The van der Waals surface area contributed by atoms with Gasteiger partial charge in [-0.15, -0.1) is 0 Å². The first-order chi connectivity index (χ1) is 8.06. The van der Waals surface area contributed by atoms with Crippen LogP contribution in [0.5, 0.6) is 0 Å². The van der Waals surface area contributed by atoms with Crippen molar-refractivity contribution in [1.29, 1.82) is 0 Å². The highest BCUT2D eigenvalue weighted by Crippen LogP contribution is 2.11. The maximum Gasteiger partial charge on any atom is 0.279 e. The molecule has 0 aromatic carbocycles. The average Bonchev–Trinajstić information content (AvgIpc) is 2.82. The molecule has 17 heavy (non-hydrogen) atoms. The van der Waals surface area contributed by atoms with Gasteiger partial charge in [-0.1, -0.05) is 5.16 Å². The Morgan fingerprint density at radius 3 is 2.59 bits per heavy atom. The summed E-state index contributed by atoms with van der Waals surface area (Å²) in [6, 6.07) is 0. The summed E-state index contributed by atoms with van der Waals surface area (Å²) in [5.41, 5.74) is 5.29. The normalized spacial score (nSPS) is 18.7. The lowest BCUT2D eigenvalue weighted by Crippen LogP contribution is -2.39. The van der Waals surface area contributed by atoms with Gasteiger partial charge in [-0.2, -0.15) is 12.7 Å². The number of hydrogen-bond acceptors (Lipinski definition) is 4. The Balaban J connectivity index is 2.17. The summed E-state index contributed by atoms with van der Waals surface area (Å²) in [6.45, 7) is 1.61. The highest BCUT2D eigenvalue weighted by molar-refractivity contribution is 7.87. The van der Waals surface area contributed by atoms with Gasteiger partial charge < -0.3 is 10.9 Å². The standard InChI is InChI=1S/C9H20N4O3S/c10-9(12-14)5-1-2-6-11-17(15,16)13-7-3-4-8-13/h11,14H,1-8H2,(H2,10,12). The SMILES string of the molecule is NC(CCCCNS(=O)(=O)N1CCCC1)=NO. The summed E-state index contributed by atoms with van der Waals surface area (Å²) >= 11 is 0. The molecule has 0 saturated carbocycles. The molecule has 1 aliphatic rings. The van der Waals surface area contributed by atoms with Crippen molar-refractivity contribution in [3.63, 3.8) is 0 Å². The number of amidine groups is 1. The monoisotopic (exact) mass is 264 g/mol. The molecule has 0 unspecified atom stereocenters. The fourth-order valence-corrected chi connectivity index (χ4v) is 3.03. The molecule has 4 N–H and O–H groups in total. The van der Waals surface area contributed by atoms with Gasteiger partial charge in [0.25, 0.3) is 10.2 Å². The number of nitrogens with two attached hydrogens (primary N) is 1. The van der Waals surface area contributed by atoms with Crippen LogP contribution in [0.4, 0.5) is 0 Å². The first-order valence-electron chi connectivity index (χ1n) is 5.77. The zero-order valence-electron chi connectivity index (χ0n) is 9.80. The molecular weight excluding hydrogens is 244 g/mol. The second-order valence-corrected chi connectivity index (χ2v) is 5.81. The van der Waals surface area contributed by atoms with Crippen molar-refractivity contribution in [3.05, 3.63) is 0 Å². The van der Waals surface area contributed by atoms with Crippen molar-refractivity contribution >= 4 is 16.0 Å². The second kappa shape index (κ2) is 6.77. The molecule has 0 spiro atoms. The van der Waals surface area contributed by atoms with E-state index in [0.29, 0.717) is 38.9 Å². The molecule has 1 fully saturated rings. The minimum Gasteiger partial charge on any atom is -0.409 e. The van der Waals surface area contributed by atoms with E-state index in [-0.39, 0.29) is 5.84 Å². The van der Waals surface area contributed by atoms with Crippen LogP contribution in [0.15, 0.2) is 5.16 Å². The summed E-state index contributed by atoms with van der Waals surface area (Å²) < 4.78 is 27.4. The smallest absolute Gasteiger partial charge is 0.279 e. The lowest BCUT2D eigenvalue weighted by Gasteiger charge is -2.15. The molecule has 1 aliphatic heterocycles. The van der Waals surface area contributed by atoms with Gasteiger partial charge in [-0.3, -0.25) is 0 Å². The van der Waals surface area contributed by atoms with Crippen LogP contribution < -0.4 is 10.5 Å². The third-order valence-electron chi connectivity index (χ3n) is 2.68. The Morgan fingerprint density at radius 2 is 2.00 bits per heavy atom. The van der Waals surface area contributed by atoms with Crippen LogP contribution >= 0.6 is 0 Å². The minimum absolute atomic E-state index is 0.174. The molecule has 0 amide bonds. The van der Waals surface area contributed by atoms with E-state index in [0.717, 1.165) is 12.8 Å². The maximum absolute atomic E-state index is 11.7.